The lowest BCUT2D eigenvalue weighted by atomic mass is 10.0. The highest BCUT2D eigenvalue weighted by molar-refractivity contribution is 5.95. The maximum absolute atomic E-state index is 12.4. The maximum Gasteiger partial charge on any atom is 0.231 e. The smallest absolute Gasteiger partial charge is 0.231 e. The van der Waals surface area contributed by atoms with Crippen LogP contribution in [0.1, 0.15) is 13.3 Å². The van der Waals surface area contributed by atoms with E-state index in [2.05, 4.69) is 27.8 Å². The number of nitrogens with one attached hydrogen (secondary N) is 3. The van der Waals surface area contributed by atoms with E-state index >= 15 is 0 Å². The molecule has 1 aromatic heterocycles. The van der Waals surface area contributed by atoms with Crippen molar-refractivity contribution in [2.45, 2.75) is 19.4 Å². The molecule has 1 aliphatic rings. The van der Waals surface area contributed by atoms with Gasteiger partial charge in [-0.1, -0.05) is 6.92 Å². The lowest BCUT2D eigenvalue weighted by molar-refractivity contribution is -0.120. The molecule has 2 heterocycles. The van der Waals surface area contributed by atoms with Crippen molar-refractivity contribution in [2.75, 3.05) is 25.1 Å². The van der Waals surface area contributed by atoms with E-state index in [4.69, 9.17) is 4.74 Å². The van der Waals surface area contributed by atoms with Crippen molar-refractivity contribution >= 4 is 22.5 Å². The number of benzene rings is 1. The Morgan fingerprint density at radius 3 is 3.24 bits per heavy atom. The number of amides is 1. The molecular formula is C15H20N4O2. The average Bonchev–Trinajstić information content (AvgIpc) is 3.13. The van der Waals surface area contributed by atoms with Crippen LogP contribution in [-0.2, 0) is 9.53 Å². The fourth-order valence-corrected chi connectivity index (χ4v) is 2.60. The normalized spacial score (nSPS) is 21.8. The van der Waals surface area contributed by atoms with Gasteiger partial charge in [-0.15, -0.1) is 0 Å². The van der Waals surface area contributed by atoms with Gasteiger partial charge in [0.25, 0.3) is 0 Å². The minimum absolute atomic E-state index is 0.00366. The van der Waals surface area contributed by atoms with Crippen molar-refractivity contribution in [1.29, 1.82) is 0 Å². The zero-order valence-corrected chi connectivity index (χ0v) is 12.1. The summed E-state index contributed by atoms with van der Waals surface area (Å²) >= 11 is 0. The Bertz CT molecular complexity index is 625. The summed E-state index contributed by atoms with van der Waals surface area (Å²) < 4.78 is 5.45. The molecule has 0 bridgehead atoms. The fraction of sp³-hybridized carbons (Fsp3) is 0.467. The van der Waals surface area contributed by atoms with Gasteiger partial charge in [-0.2, -0.15) is 5.10 Å². The van der Waals surface area contributed by atoms with Gasteiger partial charge in [0.2, 0.25) is 5.91 Å². The lowest BCUT2D eigenvalue weighted by Crippen LogP contribution is -2.41. The number of hydrogen-bond acceptors (Lipinski definition) is 4. The number of fused-ring (bicyclic) bond motifs is 1. The van der Waals surface area contributed by atoms with Crippen molar-refractivity contribution in [2.24, 2.45) is 5.92 Å². The number of anilines is 1. The van der Waals surface area contributed by atoms with Crippen molar-refractivity contribution < 1.29 is 9.53 Å². The number of rotatable bonds is 5. The zero-order chi connectivity index (χ0) is 14.7. The molecule has 0 aliphatic carbocycles. The van der Waals surface area contributed by atoms with Gasteiger partial charge in [0.1, 0.15) is 0 Å². The standard InChI is InChI=1S/C15H20N4O2/c1-2-5-16-14-9-21-8-12(14)15(20)18-11-3-4-13-10(6-11)7-17-19-13/h3-4,6-7,12,14,16H,2,5,8-9H2,1H3,(H,17,19)(H,18,20). The van der Waals surface area contributed by atoms with E-state index in [1.54, 1.807) is 6.20 Å². The molecular weight excluding hydrogens is 268 g/mol. The molecule has 112 valence electrons. The van der Waals surface area contributed by atoms with E-state index in [0.717, 1.165) is 29.6 Å². The minimum atomic E-state index is -0.142. The number of aromatic nitrogens is 2. The summed E-state index contributed by atoms with van der Waals surface area (Å²) in [7, 11) is 0. The Morgan fingerprint density at radius 1 is 1.48 bits per heavy atom. The van der Waals surface area contributed by atoms with E-state index in [1.807, 2.05) is 18.2 Å². The zero-order valence-electron chi connectivity index (χ0n) is 12.1. The Labute approximate surface area is 123 Å². The van der Waals surface area contributed by atoms with E-state index in [-0.39, 0.29) is 17.9 Å². The Hall–Kier alpha value is -1.92. The summed E-state index contributed by atoms with van der Waals surface area (Å²) in [4.78, 5) is 12.4. The van der Waals surface area contributed by atoms with Crippen LogP contribution < -0.4 is 10.6 Å². The van der Waals surface area contributed by atoms with Gasteiger partial charge in [-0.05, 0) is 31.2 Å². The molecule has 2 aromatic rings. The minimum Gasteiger partial charge on any atom is -0.379 e. The third kappa shape index (κ3) is 3.06. The van der Waals surface area contributed by atoms with Crippen LogP contribution in [0.5, 0.6) is 0 Å². The van der Waals surface area contributed by atoms with Gasteiger partial charge in [0, 0.05) is 17.1 Å². The van der Waals surface area contributed by atoms with Gasteiger partial charge < -0.3 is 15.4 Å². The second kappa shape index (κ2) is 6.24. The van der Waals surface area contributed by atoms with E-state index < -0.39 is 0 Å². The molecule has 0 radical (unpaired) electrons. The molecule has 21 heavy (non-hydrogen) atoms. The van der Waals surface area contributed by atoms with E-state index in [0.29, 0.717) is 13.2 Å². The predicted molar refractivity (Wildman–Crippen MR) is 81.1 cm³/mol. The molecule has 1 saturated heterocycles. The molecule has 2 atom stereocenters. The first kappa shape index (κ1) is 14.0. The van der Waals surface area contributed by atoms with E-state index in [9.17, 15) is 4.79 Å². The summed E-state index contributed by atoms with van der Waals surface area (Å²) in [5.41, 5.74) is 1.75. The summed E-state index contributed by atoms with van der Waals surface area (Å²) in [6.07, 6.45) is 2.79. The van der Waals surface area contributed by atoms with Crippen molar-refractivity contribution in [3.63, 3.8) is 0 Å². The largest absolute Gasteiger partial charge is 0.379 e. The van der Waals surface area contributed by atoms with Crippen LogP contribution in [0.15, 0.2) is 24.4 Å². The second-order valence-corrected chi connectivity index (χ2v) is 5.37. The van der Waals surface area contributed by atoms with Crippen LogP contribution in [0.25, 0.3) is 10.9 Å². The number of nitrogens with zero attached hydrogens (tertiary/aromatic N) is 1. The summed E-state index contributed by atoms with van der Waals surface area (Å²) in [5, 5.41) is 14.2. The molecule has 1 aliphatic heterocycles. The number of hydrogen-bond donors (Lipinski definition) is 3. The van der Waals surface area contributed by atoms with Gasteiger partial charge in [-0.3, -0.25) is 9.89 Å². The lowest BCUT2D eigenvalue weighted by Gasteiger charge is -2.18. The summed E-state index contributed by atoms with van der Waals surface area (Å²) in [6, 6.07) is 5.81. The first-order valence-corrected chi connectivity index (χ1v) is 7.33. The molecule has 1 fully saturated rings. The van der Waals surface area contributed by atoms with E-state index in [1.165, 1.54) is 0 Å². The molecule has 1 aromatic carbocycles. The van der Waals surface area contributed by atoms with Gasteiger partial charge >= 0.3 is 0 Å². The van der Waals surface area contributed by atoms with Gasteiger partial charge in [0.15, 0.2) is 0 Å². The third-order valence-electron chi connectivity index (χ3n) is 3.78. The fourth-order valence-electron chi connectivity index (χ4n) is 2.60. The SMILES string of the molecule is CCCNC1COCC1C(=O)Nc1ccc2[nH]ncc2c1. The number of aromatic amines is 1. The average molecular weight is 288 g/mol. The van der Waals surface area contributed by atoms with Crippen LogP contribution in [0.2, 0.25) is 0 Å². The molecule has 6 heteroatoms. The van der Waals surface area contributed by atoms with Gasteiger partial charge in [0.05, 0.1) is 30.8 Å². The van der Waals surface area contributed by atoms with Gasteiger partial charge in [-0.25, -0.2) is 0 Å². The highest BCUT2D eigenvalue weighted by Crippen LogP contribution is 2.20. The molecule has 3 N–H and O–H groups in total. The molecule has 6 nitrogen and oxygen atoms in total. The second-order valence-electron chi connectivity index (χ2n) is 5.37. The topological polar surface area (TPSA) is 79.0 Å². The monoisotopic (exact) mass is 288 g/mol. The Balaban J connectivity index is 1.67. The molecule has 3 rings (SSSR count). The molecule has 1 amide bonds. The highest BCUT2D eigenvalue weighted by Gasteiger charge is 2.33. The number of carbonyl (C=O) groups is 1. The maximum atomic E-state index is 12.4. The summed E-state index contributed by atoms with van der Waals surface area (Å²) in [5.74, 6) is -0.138. The Morgan fingerprint density at radius 2 is 2.38 bits per heavy atom. The number of ether oxygens (including phenoxy) is 1. The Kier molecular flexibility index (Phi) is 4.17. The van der Waals surface area contributed by atoms with Crippen LogP contribution in [-0.4, -0.2) is 41.9 Å². The van der Waals surface area contributed by atoms with Crippen LogP contribution in [0.4, 0.5) is 5.69 Å². The first-order chi connectivity index (χ1) is 10.3. The number of H-pyrrole nitrogens is 1. The van der Waals surface area contributed by atoms with Crippen LogP contribution in [0.3, 0.4) is 0 Å². The molecule has 0 saturated carbocycles. The van der Waals surface area contributed by atoms with Crippen molar-refractivity contribution in [3.8, 4) is 0 Å². The highest BCUT2D eigenvalue weighted by atomic mass is 16.5. The van der Waals surface area contributed by atoms with Crippen LogP contribution in [0, 0.1) is 5.92 Å². The third-order valence-corrected chi connectivity index (χ3v) is 3.78. The molecule has 2 unspecified atom stereocenters. The number of carbonyl (C=O) groups excluding carboxylic acids is 1. The summed E-state index contributed by atoms with van der Waals surface area (Å²) in [6.45, 7) is 4.08. The van der Waals surface area contributed by atoms with Crippen molar-refractivity contribution in [1.82, 2.24) is 15.5 Å². The quantitative estimate of drug-likeness (QED) is 0.779. The molecule has 0 spiro atoms. The van der Waals surface area contributed by atoms with Crippen molar-refractivity contribution in [3.05, 3.63) is 24.4 Å². The first-order valence-electron chi connectivity index (χ1n) is 7.33. The predicted octanol–water partition coefficient (Wildman–Crippen LogP) is 1.52. The van der Waals surface area contributed by atoms with Crippen LogP contribution >= 0.6 is 0 Å².